The van der Waals surface area contributed by atoms with E-state index >= 15 is 0 Å². The van der Waals surface area contributed by atoms with E-state index in [0.717, 1.165) is 5.56 Å². The average molecular weight is 473 g/mol. The highest BCUT2D eigenvalue weighted by Crippen LogP contribution is 2.27. The van der Waals surface area contributed by atoms with Gasteiger partial charge in [0.2, 0.25) is 10.0 Å². The Morgan fingerprint density at radius 3 is 2.34 bits per heavy atom. The Morgan fingerprint density at radius 2 is 1.76 bits per heavy atom. The number of hydrazone groups is 1. The SMILES string of the molecule is Cc1nn(Cc2c(Cl)cccc2Cl)c(Cl)c1/C=N/Nc1ccc(S(N)(=O)=O)cc1. The van der Waals surface area contributed by atoms with Crippen LogP contribution in [0.4, 0.5) is 5.69 Å². The Morgan fingerprint density at radius 1 is 1.14 bits per heavy atom. The van der Waals surface area contributed by atoms with Gasteiger partial charge in [0.05, 0.1) is 34.6 Å². The molecular weight excluding hydrogens is 457 g/mol. The summed E-state index contributed by atoms with van der Waals surface area (Å²) in [6.07, 6.45) is 1.53. The third-order valence-electron chi connectivity index (χ3n) is 4.05. The van der Waals surface area contributed by atoms with Gasteiger partial charge in [-0.15, -0.1) is 0 Å². The van der Waals surface area contributed by atoms with Gasteiger partial charge in [-0.2, -0.15) is 10.2 Å². The first-order chi connectivity index (χ1) is 13.7. The van der Waals surface area contributed by atoms with Crippen LogP contribution in [0.5, 0.6) is 0 Å². The van der Waals surface area contributed by atoms with Crippen LogP contribution in [-0.2, 0) is 16.6 Å². The van der Waals surface area contributed by atoms with Crippen LogP contribution in [0.25, 0.3) is 0 Å². The molecule has 0 atom stereocenters. The number of anilines is 1. The molecule has 0 saturated carbocycles. The molecule has 0 saturated heterocycles. The topological polar surface area (TPSA) is 102 Å². The summed E-state index contributed by atoms with van der Waals surface area (Å²) < 4.78 is 24.2. The molecule has 0 fully saturated rings. The van der Waals surface area contributed by atoms with E-state index in [9.17, 15) is 8.42 Å². The zero-order valence-electron chi connectivity index (χ0n) is 15.1. The molecule has 11 heteroatoms. The molecule has 3 rings (SSSR count). The molecule has 0 spiro atoms. The highest BCUT2D eigenvalue weighted by atomic mass is 35.5. The van der Waals surface area contributed by atoms with E-state index in [1.807, 2.05) is 0 Å². The first-order valence-corrected chi connectivity index (χ1v) is 10.9. The number of primary sulfonamides is 1. The maximum Gasteiger partial charge on any atom is 0.238 e. The average Bonchev–Trinajstić information content (AvgIpc) is 2.92. The fraction of sp³-hybridized carbons (Fsp3) is 0.111. The molecule has 1 aromatic heterocycles. The van der Waals surface area contributed by atoms with Crippen molar-refractivity contribution in [2.24, 2.45) is 10.2 Å². The number of aromatic nitrogens is 2. The minimum atomic E-state index is -3.74. The summed E-state index contributed by atoms with van der Waals surface area (Å²) in [6.45, 7) is 2.12. The van der Waals surface area contributed by atoms with Gasteiger partial charge in [0.1, 0.15) is 5.15 Å². The van der Waals surface area contributed by atoms with Crippen molar-refractivity contribution in [2.75, 3.05) is 5.43 Å². The molecule has 2 aromatic carbocycles. The lowest BCUT2D eigenvalue weighted by Crippen LogP contribution is -2.11. The van der Waals surface area contributed by atoms with Crippen LogP contribution in [0.1, 0.15) is 16.8 Å². The van der Waals surface area contributed by atoms with Crippen molar-refractivity contribution in [2.45, 2.75) is 18.4 Å². The second-order valence-electron chi connectivity index (χ2n) is 6.09. The first kappa shape index (κ1) is 21.6. The lowest BCUT2D eigenvalue weighted by molar-refractivity contribution is 0.598. The highest BCUT2D eigenvalue weighted by Gasteiger charge is 2.15. The fourth-order valence-electron chi connectivity index (χ4n) is 2.54. The molecule has 7 nitrogen and oxygen atoms in total. The standard InChI is InChI=1S/C18H16Cl3N5O2S/c1-11-14(9-23-24-12-5-7-13(8-6-12)29(22,27)28)18(21)26(25-11)10-15-16(19)3-2-4-17(15)20/h2-9,24H,10H2,1H3,(H2,22,27,28)/b23-9+. The highest BCUT2D eigenvalue weighted by molar-refractivity contribution is 7.89. The number of hydrogen-bond donors (Lipinski definition) is 2. The van der Waals surface area contributed by atoms with E-state index in [4.69, 9.17) is 39.9 Å². The molecule has 0 unspecified atom stereocenters. The monoisotopic (exact) mass is 471 g/mol. The van der Waals surface area contributed by atoms with Gasteiger partial charge in [-0.1, -0.05) is 40.9 Å². The third-order valence-corrected chi connectivity index (χ3v) is 6.09. The smallest absolute Gasteiger partial charge is 0.238 e. The number of halogens is 3. The van der Waals surface area contributed by atoms with Crippen molar-refractivity contribution in [3.8, 4) is 0 Å². The Kier molecular flexibility index (Phi) is 6.50. The van der Waals surface area contributed by atoms with Crippen LogP contribution in [-0.4, -0.2) is 24.4 Å². The van der Waals surface area contributed by atoms with Crippen LogP contribution in [0.15, 0.2) is 52.5 Å². The third kappa shape index (κ3) is 5.09. The lowest BCUT2D eigenvalue weighted by Gasteiger charge is -2.08. The van der Waals surface area contributed by atoms with Crippen molar-refractivity contribution in [1.29, 1.82) is 0 Å². The zero-order chi connectivity index (χ0) is 21.2. The van der Waals surface area contributed by atoms with Crippen LogP contribution in [0.3, 0.4) is 0 Å². The van der Waals surface area contributed by atoms with Gasteiger partial charge in [-0.05, 0) is 43.3 Å². The molecule has 3 aromatic rings. The van der Waals surface area contributed by atoms with Crippen molar-refractivity contribution in [1.82, 2.24) is 9.78 Å². The summed E-state index contributed by atoms with van der Waals surface area (Å²) >= 11 is 18.9. The van der Waals surface area contributed by atoms with Crippen LogP contribution in [0, 0.1) is 6.92 Å². The minimum Gasteiger partial charge on any atom is -0.279 e. The Hall–Kier alpha value is -2.10. The molecule has 3 N–H and O–H groups in total. The van der Waals surface area contributed by atoms with E-state index in [1.54, 1.807) is 41.9 Å². The molecule has 0 bridgehead atoms. The number of nitrogens with zero attached hydrogens (tertiary/aromatic N) is 3. The Bertz CT molecular complexity index is 1150. The van der Waals surface area contributed by atoms with E-state index < -0.39 is 10.0 Å². The molecule has 0 aliphatic heterocycles. The van der Waals surface area contributed by atoms with Gasteiger partial charge in [0.25, 0.3) is 0 Å². The largest absolute Gasteiger partial charge is 0.279 e. The molecule has 29 heavy (non-hydrogen) atoms. The molecule has 0 aliphatic rings. The normalized spacial score (nSPS) is 11.9. The number of aryl methyl sites for hydroxylation is 1. The van der Waals surface area contributed by atoms with Crippen molar-refractivity contribution in [3.63, 3.8) is 0 Å². The van der Waals surface area contributed by atoms with E-state index in [1.165, 1.54) is 18.3 Å². The van der Waals surface area contributed by atoms with E-state index in [-0.39, 0.29) is 4.90 Å². The molecule has 1 heterocycles. The first-order valence-electron chi connectivity index (χ1n) is 8.24. The Labute approximate surface area is 183 Å². The summed E-state index contributed by atoms with van der Waals surface area (Å²) in [4.78, 5) is 0.0189. The number of sulfonamides is 1. The van der Waals surface area contributed by atoms with Gasteiger partial charge in [0, 0.05) is 15.6 Å². The van der Waals surface area contributed by atoms with E-state index in [2.05, 4.69) is 15.6 Å². The lowest BCUT2D eigenvalue weighted by atomic mass is 10.2. The Balaban J connectivity index is 1.76. The summed E-state index contributed by atoms with van der Waals surface area (Å²) in [6, 6.07) is 11.1. The molecule has 152 valence electrons. The summed E-state index contributed by atoms with van der Waals surface area (Å²) in [5, 5.41) is 15.1. The van der Waals surface area contributed by atoms with Gasteiger partial charge in [-0.25, -0.2) is 18.2 Å². The molecule has 0 radical (unpaired) electrons. The second kappa shape index (κ2) is 8.73. The van der Waals surface area contributed by atoms with Gasteiger partial charge in [0.15, 0.2) is 0 Å². The number of hydrogen-bond acceptors (Lipinski definition) is 5. The number of nitrogens with two attached hydrogens (primary N) is 1. The molecule has 0 amide bonds. The summed E-state index contributed by atoms with van der Waals surface area (Å²) in [7, 11) is -3.74. The van der Waals surface area contributed by atoms with Crippen LogP contribution in [0.2, 0.25) is 15.2 Å². The number of nitrogens with one attached hydrogen (secondary N) is 1. The second-order valence-corrected chi connectivity index (χ2v) is 8.82. The predicted octanol–water partition coefficient (Wildman–Crippen LogP) is 4.29. The maximum absolute atomic E-state index is 11.3. The molecule has 0 aliphatic carbocycles. The quantitative estimate of drug-likeness (QED) is 0.412. The van der Waals surface area contributed by atoms with Gasteiger partial charge in [-0.3, -0.25) is 5.43 Å². The predicted molar refractivity (Wildman–Crippen MR) is 117 cm³/mol. The number of benzene rings is 2. The van der Waals surface area contributed by atoms with Crippen LogP contribution >= 0.6 is 34.8 Å². The fourth-order valence-corrected chi connectivity index (χ4v) is 3.86. The van der Waals surface area contributed by atoms with Crippen molar-refractivity contribution >= 4 is 56.7 Å². The summed E-state index contributed by atoms with van der Waals surface area (Å²) in [5.41, 5.74) is 5.40. The van der Waals surface area contributed by atoms with Crippen molar-refractivity contribution in [3.05, 3.63) is 74.5 Å². The van der Waals surface area contributed by atoms with Crippen LogP contribution < -0.4 is 10.6 Å². The number of rotatable bonds is 6. The van der Waals surface area contributed by atoms with E-state index in [0.29, 0.717) is 38.7 Å². The molecular formula is C18H16Cl3N5O2S. The zero-order valence-corrected chi connectivity index (χ0v) is 18.2. The van der Waals surface area contributed by atoms with Crippen molar-refractivity contribution < 1.29 is 8.42 Å². The minimum absolute atomic E-state index is 0.0189. The van der Waals surface area contributed by atoms with Gasteiger partial charge >= 0.3 is 0 Å². The maximum atomic E-state index is 11.3. The summed E-state index contributed by atoms with van der Waals surface area (Å²) in [5.74, 6) is 0. The van der Waals surface area contributed by atoms with Gasteiger partial charge < -0.3 is 0 Å².